The molecule has 0 radical (unpaired) electrons. The highest BCUT2D eigenvalue weighted by molar-refractivity contribution is 5.83. The van der Waals surface area contributed by atoms with Crippen LogP contribution in [0.1, 0.15) is 17.5 Å². The molecule has 0 amide bonds. The molecule has 3 N–H and O–H groups in total. The van der Waals surface area contributed by atoms with Gasteiger partial charge in [-0.1, -0.05) is 54.6 Å². The van der Waals surface area contributed by atoms with Crippen LogP contribution in [0.15, 0.2) is 106 Å². The Bertz CT molecular complexity index is 1060. The molecule has 9 nitrogen and oxygen atoms in total. The molecule has 0 atom stereocenters. The van der Waals surface area contributed by atoms with Gasteiger partial charge in [-0.3, -0.25) is 16.3 Å². The molecule has 3 aromatic carbocycles. The molecule has 4 aromatic rings. The lowest BCUT2D eigenvalue weighted by Crippen LogP contribution is -2.08. The van der Waals surface area contributed by atoms with Gasteiger partial charge in [0.05, 0.1) is 35.7 Å². The van der Waals surface area contributed by atoms with Crippen molar-refractivity contribution in [2.45, 2.75) is 0 Å². The van der Waals surface area contributed by atoms with E-state index in [4.69, 9.17) is 0 Å². The first kappa shape index (κ1) is 21.3. The van der Waals surface area contributed by atoms with Crippen LogP contribution in [0.4, 0.5) is 17.1 Å². The van der Waals surface area contributed by atoms with Crippen molar-refractivity contribution in [1.82, 2.24) is 15.0 Å². The highest BCUT2D eigenvalue weighted by Gasteiger charge is 2.03. The number of nitrogens with zero attached hydrogens (tertiary/aromatic N) is 6. The fourth-order valence-corrected chi connectivity index (χ4v) is 2.63. The van der Waals surface area contributed by atoms with E-state index < -0.39 is 0 Å². The van der Waals surface area contributed by atoms with Gasteiger partial charge in [-0.2, -0.15) is 15.3 Å². The standard InChI is InChI=1S/C24H21N9/c1-4-10-19(11-5-1)31-25-16-22-28-23(17-26-32-20-12-6-2-7-13-20)30-24(29-22)18-27-33-21-14-8-3-9-15-21/h1-18,31-33H/b25-16-,26-17+,27-18+. The van der Waals surface area contributed by atoms with Gasteiger partial charge in [-0.15, -0.1) is 0 Å². The van der Waals surface area contributed by atoms with Gasteiger partial charge >= 0.3 is 0 Å². The second kappa shape index (κ2) is 11.5. The molecule has 9 heteroatoms. The molecule has 0 saturated heterocycles. The summed E-state index contributed by atoms with van der Waals surface area (Å²) in [4.78, 5) is 13.1. The Morgan fingerprint density at radius 2 is 0.697 bits per heavy atom. The summed E-state index contributed by atoms with van der Waals surface area (Å²) in [5, 5.41) is 12.6. The van der Waals surface area contributed by atoms with E-state index in [1.165, 1.54) is 18.6 Å². The lowest BCUT2D eigenvalue weighted by Gasteiger charge is -2.02. The third-order valence-corrected chi connectivity index (χ3v) is 4.13. The number of rotatable bonds is 9. The van der Waals surface area contributed by atoms with Crippen molar-refractivity contribution in [2.75, 3.05) is 16.3 Å². The molecule has 0 spiro atoms. The monoisotopic (exact) mass is 435 g/mol. The van der Waals surface area contributed by atoms with Crippen molar-refractivity contribution in [1.29, 1.82) is 0 Å². The smallest absolute Gasteiger partial charge is 0.176 e. The number of para-hydroxylation sites is 3. The van der Waals surface area contributed by atoms with Crippen molar-refractivity contribution in [2.24, 2.45) is 15.3 Å². The van der Waals surface area contributed by atoms with Gasteiger partial charge in [0, 0.05) is 0 Å². The summed E-state index contributed by atoms with van der Waals surface area (Å²) < 4.78 is 0. The number of hydrogen-bond donors (Lipinski definition) is 3. The fourth-order valence-electron chi connectivity index (χ4n) is 2.63. The summed E-state index contributed by atoms with van der Waals surface area (Å²) in [7, 11) is 0. The van der Waals surface area contributed by atoms with Gasteiger partial charge in [0.2, 0.25) is 0 Å². The third-order valence-electron chi connectivity index (χ3n) is 4.13. The fraction of sp³-hybridized carbons (Fsp3) is 0. The van der Waals surface area contributed by atoms with Crippen molar-refractivity contribution >= 4 is 35.7 Å². The van der Waals surface area contributed by atoms with Crippen LogP contribution in [0.3, 0.4) is 0 Å². The maximum atomic E-state index is 4.38. The largest absolute Gasteiger partial charge is 0.278 e. The van der Waals surface area contributed by atoms with Gasteiger partial charge in [-0.25, -0.2) is 15.0 Å². The van der Waals surface area contributed by atoms with Gasteiger partial charge in [0.25, 0.3) is 0 Å². The summed E-state index contributed by atoms with van der Waals surface area (Å²) in [5.74, 6) is 1.07. The Morgan fingerprint density at radius 3 is 0.970 bits per heavy atom. The first-order valence-electron chi connectivity index (χ1n) is 10.1. The van der Waals surface area contributed by atoms with Crippen molar-refractivity contribution < 1.29 is 0 Å². The molecular formula is C24H21N9. The van der Waals surface area contributed by atoms with Crippen LogP contribution in [0, 0.1) is 0 Å². The van der Waals surface area contributed by atoms with Crippen molar-refractivity contribution in [3.8, 4) is 0 Å². The van der Waals surface area contributed by atoms with E-state index in [1.54, 1.807) is 0 Å². The summed E-state index contributed by atoms with van der Waals surface area (Å²) >= 11 is 0. The lowest BCUT2D eigenvalue weighted by molar-refractivity contribution is 1.000. The molecule has 0 bridgehead atoms. The molecule has 0 fully saturated rings. The Labute approximate surface area is 191 Å². The average Bonchev–Trinajstić information content (AvgIpc) is 2.86. The molecule has 1 aromatic heterocycles. The van der Waals surface area contributed by atoms with Crippen LogP contribution >= 0.6 is 0 Å². The maximum Gasteiger partial charge on any atom is 0.176 e. The zero-order valence-electron chi connectivity index (χ0n) is 17.6. The van der Waals surface area contributed by atoms with E-state index in [-0.39, 0.29) is 0 Å². The van der Waals surface area contributed by atoms with Crippen LogP contribution in [0.25, 0.3) is 0 Å². The molecule has 0 unspecified atom stereocenters. The molecule has 162 valence electrons. The minimum absolute atomic E-state index is 0.357. The maximum absolute atomic E-state index is 4.38. The predicted octanol–water partition coefficient (Wildman–Crippen LogP) is 4.21. The molecule has 0 saturated carbocycles. The van der Waals surface area contributed by atoms with Crippen LogP contribution in [0.2, 0.25) is 0 Å². The quantitative estimate of drug-likeness (QED) is 0.268. The first-order chi connectivity index (χ1) is 16.3. The predicted molar refractivity (Wildman–Crippen MR) is 133 cm³/mol. The average molecular weight is 435 g/mol. The van der Waals surface area contributed by atoms with Crippen molar-refractivity contribution in [3.63, 3.8) is 0 Å². The Hall–Kier alpha value is -4.92. The Kier molecular flexibility index (Phi) is 7.41. The van der Waals surface area contributed by atoms with Gasteiger partial charge < -0.3 is 0 Å². The van der Waals surface area contributed by atoms with E-state index in [2.05, 4.69) is 46.5 Å². The SMILES string of the molecule is C(=N/Nc1ccccc1)/c1nc(/C=N/Nc2ccccc2)nc(/C=N/Nc2ccccc2)n1. The number of nitrogens with one attached hydrogen (secondary N) is 3. The normalized spacial score (nSPS) is 11.3. The van der Waals surface area contributed by atoms with Crippen LogP contribution in [-0.2, 0) is 0 Å². The van der Waals surface area contributed by atoms with E-state index in [1.807, 2.05) is 91.0 Å². The molecule has 0 aliphatic heterocycles. The molecule has 33 heavy (non-hydrogen) atoms. The first-order valence-corrected chi connectivity index (χ1v) is 10.1. The third kappa shape index (κ3) is 7.07. The Morgan fingerprint density at radius 1 is 0.424 bits per heavy atom. The highest BCUT2D eigenvalue weighted by Crippen LogP contribution is 2.06. The molecule has 4 rings (SSSR count). The number of hydrogen-bond acceptors (Lipinski definition) is 9. The van der Waals surface area contributed by atoms with Crippen LogP contribution in [-0.4, -0.2) is 33.6 Å². The topological polar surface area (TPSA) is 112 Å². The minimum Gasteiger partial charge on any atom is -0.278 e. The zero-order valence-corrected chi connectivity index (χ0v) is 17.6. The second-order valence-corrected chi connectivity index (χ2v) is 6.62. The summed E-state index contributed by atoms with van der Waals surface area (Å²) in [6.45, 7) is 0. The van der Waals surface area contributed by atoms with Gasteiger partial charge in [0.1, 0.15) is 0 Å². The van der Waals surface area contributed by atoms with E-state index in [9.17, 15) is 0 Å². The van der Waals surface area contributed by atoms with Gasteiger partial charge in [-0.05, 0) is 36.4 Å². The second-order valence-electron chi connectivity index (χ2n) is 6.62. The minimum atomic E-state index is 0.357. The van der Waals surface area contributed by atoms with E-state index in [0.29, 0.717) is 17.5 Å². The lowest BCUT2D eigenvalue weighted by atomic mass is 10.3. The van der Waals surface area contributed by atoms with E-state index in [0.717, 1.165) is 17.1 Å². The van der Waals surface area contributed by atoms with Crippen LogP contribution < -0.4 is 16.3 Å². The molecule has 1 heterocycles. The zero-order chi connectivity index (χ0) is 22.6. The Balaban J connectivity index is 1.50. The molecule has 0 aliphatic rings. The summed E-state index contributed by atoms with van der Waals surface area (Å²) in [6, 6.07) is 28.8. The summed E-state index contributed by atoms with van der Waals surface area (Å²) in [6.07, 6.45) is 4.54. The number of hydrazone groups is 3. The van der Waals surface area contributed by atoms with Crippen LogP contribution in [0.5, 0.6) is 0 Å². The van der Waals surface area contributed by atoms with Crippen molar-refractivity contribution in [3.05, 3.63) is 108 Å². The number of anilines is 3. The van der Waals surface area contributed by atoms with E-state index >= 15 is 0 Å². The molecule has 0 aliphatic carbocycles. The number of benzene rings is 3. The molecular weight excluding hydrogens is 414 g/mol. The van der Waals surface area contributed by atoms with Gasteiger partial charge in [0.15, 0.2) is 17.5 Å². The summed E-state index contributed by atoms with van der Waals surface area (Å²) in [5.41, 5.74) is 11.4. The number of aromatic nitrogens is 3. The highest BCUT2D eigenvalue weighted by atomic mass is 15.3.